The maximum atomic E-state index is 2.28. The normalized spacial score (nSPS) is 14.0. The van der Waals surface area contributed by atoms with E-state index in [2.05, 4.69) is 79.7 Å². The molecule has 1 aliphatic carbocycles. The summed E-state index contributed by atoms with van der Waals surface area (Å²) in [6.45, 7) is 2.28. The molecule has 0 aromatic heterocycles. The summed E-state index contributed by atoms with van der Waals surface area (Å²) in [4.78, 5) is 0. The van der Waals surface area contributed by atoms with Crippen molar-refractivity contribution in [2.24, 2.45) is 5.92 Å². The van der Waals surface area contributed by atoms with Crippen molar-refractivity contribution in [2.45, 2.75) is 19.8 Å². The number of hydrogen-bond donors (Lipinski definition) is 0. The molecule has 0 bridgehead atoms. The van der Waals surface area contributed by atoms with Crippen molar-refractivity contribution in [3.05, 3.63) is 72.8 Å². The van der Waals surface area contributed by atoms with Crippen LogP contribution in [0.25, 0.3) is 32.3 Å². The molecule has 0 amide bonds. The Morgan fingerprint density at radius 1 is 0.545 bits per heavy atom. The van der Waals surface area contributed by atoms with Gasteiger partial charge in [0.1, 0.15) is 0 Å². The molecule has 4 aromatic rings. The average molecular weight is 284 g/mol. The summed E-state index contributed by atoms with van der Waals surface area (Å²) in [5, 5.41) is 7.96. The number of rotatable bonds is 0. The Bertz CT molecular complexity index is 871. The highest BCUT2D eigenvalue weighted by atomic mass is 14.2. The summed E-state index contributed by atoms with van der Waals surface area (Å²) >= 11 is 0. The minimum atomic E-state index is 1.08. The molecule has 0 aliphatic heterocycles. The minimum absolute atomic E-state index is 1.08. The Labute approximate surface area is 131 Å². The molecule has 22 heavy (non-hydrogen) atoms. The van der Waals surface area contributed by atoms with Crippen molar-refractivity contribution in [1.29, 1.82) is 0 Å². The van der Waals surface area contributed by atoms with Gasteiger partial charge >= 0.3 is 0 Å². The van der Waals surface area contributed by atoms with Crippen LogP contribution in [0.3, 0.4) is 0 Å². The van der Waals surface area contributed by atoms with Crippen LogP contribution in [0.5, 0.6) is 0 Å². The van der Waals surface area contributed by atoms with Crippen molar-refractivity contribution in [3.8, 4) is 0 Å². The molecule has 0 spiro atoms. The summed E-state index contributed by atoms with van der Waals surface area (Å²) in [5.41, 5.74) is 0. The molecule has 108 valence electrons. The third kappa shape index (κ3) is 2.46. The molecule has 0 atom stereocenters. The standard InChI is InChI=1S/C18H12.C4H8/c1-3-7-15-13(5-1)9-11-18-16-8-4-2-6-14(16)10-12-17(15)18;1-4-2-3-4/h1-12H;4H,2-3H2,1H3. The second-order valence-corrected chi connectivity index (χ2v) is 6.35. The molecule has 0 unspecified atom stereocenters. The number of benzene rings is 4. The molecule has 5 rings (SSSR count). The zero-order valence-electron chi connectivity index (χ0n) is 12.9. The minimum Gasteiger partial charge on any atom is -0.0625 e. The zero-order valence-corrected chi connectivity index (χ0v) is 12.9. The highest BCUT2D eigenvalue weighted by molar-refractivity contribution is 6.17. The van der Waals surface area contributed by atoms with Gasteiger partial charge in [0.15, 0.2) is 0 Å². The fourth-order valence-corrected chi connectivity index (χ4v) is 2.94. The molecule has 0 saturated heterocycles. The maximum Gasteiger partial charge on any atom is -0.00990 e. The van der Waals surface area contributed by atoms with Crippen molar-refractivity contribution < 1.29 is 0 Å². The van der Waals surface area contributed by atoms with Crippen LogP contribution in [0.1, 0.15) is 19.8 Å². The van der Waals surface area contributed by atoms with E-state index in [4.69, 9.17) is 0 Å². The van der Waals surface area contributed by atoms with Gasteiger partial charge in [-0.15, -0.1) is 0 Å². The van der Waals surface area contributed by atoms with Crippen LogP contribution in [0.15, 0.2) is 72.8 Å². The smallest absolute Gasteiger partial charge is 0.00990 e. The van der Waals surface area contributed by atoms with E-state index in [0.717, 1.165) is 5.92 Å². The van der Waals surface area contributed by atoms with Gasteiger partial charge < -0.3 is 0 Å². The fourth-order valence-electron chi connectivity index (χ4n) is 2.94. The molecule has 4 aromatic carbocycles. The van der Waals surface area contributed by atoms with Gasteiger partial charge in [-0.3, -0.25) is 0 Å². The van der Waals surface area contributed by atoms with E-state index in [0.29, 0.717) is 0 Å². The topological polar surface area (TPSA) is 0 Å². The first-order chi connectivity index (χ1) is 10.8. The van der Waals surface area contributed by atoms with E-state index < -0.39 is 0 Å². The Balaban J connectivity index is 0.000000274. The van der Waals surface area contributed by atoms with E-state index in [1.807, 2.05) is 0 Å². The first-order valence-electron chi connectivity index (χ1n) is 8.12. The number of fused-ring (bicyclic) bond motifs is 5. The average Bonchev–Trinajstić information content (AvgIpc) is 3.37. The third-order valence-corrected chi connectivity index (χ3v) is 4.52. The molecule has 0 heterocycles. The van der Waals surface area contributed by atoms with E-state index in [-0.39, 0.29) is 0 Å². The molecular formula is C22H20. The maximum absolute atomic E-state index is 2.28. The van der Waals surface area contributed by atoms with Gasteiger partial charge in [-0.05, 0) is 38.2 Å². The fraction of sp³-hybridized carbons (Fsp3) is 0.182. The zero-order chi connectivity index (χ0) is 14.9. The van der Waals surface area contributed by atoms with Crippen LogP contribution < -0.4 is 0 Å². The molecule has 1 saturated carbocycles. The van der Waals surface area contributed by atoms with Crippen LogP contribution in [0, 0.1) is 5.92 Å². The van der Waals surface area contributed by atoms with E-state index in [1.54, 1.807) is 0 Å². The van der Waals surface area contributed by atoms with Gasteiger partial charge in [0.2, 0.25) is 0 Å². The number of hydrogen-bond acceptors (Lipinski definition) is 0. The predicted molar refractivity (Wildman–Crippen MR) is 97.4 cm³/mol. The lowest BCUT2D eigenvalue weighted by Gasteiger charge is -2.07. The van der Waals surface area contributed by atoms with Crippen LogP contribution in [-0.4, -0.2) is 0 Å². The van der Waals surface area contributed by atoms with Crippen molar-refractivity contribution in [1.82, 2.24) is 0 Å². The van der Waals surface area contributed by atoms with Gasteiger partial charge in [-0.2, -0.15) is 0 Å². The van der Waals surface area contributed by atoms with E-state index in [9.17, 15) is 0 Å². The molecule has 1 fully saturated rings. The molecule has 0 nitrogen and oxygen atoms in total. The third-order valence-electron chi connectivity index (χ3n) is 4.52. The van der Waals surface area contributed by atoms with Crippen LogP contribution in [0.4, 0.5) is 0 Å². The first-order valence-corrected chi connectivity index (χ1v) is 8.12. The molecule has 0 heteroatoms. The van der Waals surface area contributed by atoms with Gasteiger partial charge in [0.05, 0.1) is 0 Å². The van der Waals surface area contributed by atoms with Gasteiger partial charge in [0, 0.05) is 0 Å². The highest BCUT2D eigenvalue weighted by Crippen LogP contribution is 2.30. The van der Waals surface area contributed by atoms with Gasteiger partial charge in [-0.25, -0.2) is 0 Å². The largest absolute Gasteiger partial charge is 0.0625 e. The summed E-state index contributed by atoms with van der Waals surface area (Å²) in [5.74, 6) is 1.08. The van der Waals surface area contributed by atoms with Crippen molar-refractivity contribution in [3.63, 3.8) is 0 Å². The SMILES string of the molecule is CC1CC1.c1ccc2c(c1)ccc1c3ccccc3ccc21. The molecule has 0 N–H and O–H groups in total. The predicted octanol–water partition coefficient (Wildman–Crippen LogP) is 6.56. The molecular weight excluding hydrogens is 264 g/mol. The first kappa shape index (κ1) is 13.3. The highest BCUT2D eigenvalue weighted by Gasteiger charge is 2.12. The van der Waals surface area contributed by atoms with Crippen LogP contribution in [0.2, 0.25) is 0 Å². The van der Waals surface area contributed by atoms with E-state index in [1.165, 1.54) is 45.2 Å². The Hall–Kier alpha value is -2.34. The van der Waals surface area contributed by atoms with E-state index >= 15 is 0 Å². The lowest BCUT2D eigenvalue weighted by Crippen LogP contribution is -1.79. The van der Waals surface area contributed by atoms with Gasteiger partial charge in [0.25, 0.3) is 0 Å². The summed E-state index contributed by atoms with van der Waals surface area (Å²) < 4.78 is 0. The summed E-state index contributed by atoms with van der Waals surface area (Å²) in [6, 6.07) is 26.0. The Morgan fingerprint density at radius 3 is 1.36 bits per heavy atom. The van der Waals surface area contributed by atoms with Gasteiger partial charge in [-0.1, -0.05) is 92.6 Å². The van der Waals surface area contributed by atoms with Crippen molar-refractivity contribution in [2.75, 3.05) is 0 Å². The quantitative estimate of drug-likeness (QED) is 0.321. The molecule has 0 radical (unpaired) electrons. The Kier molecular flexibility index (Phi) is 3.31. The second-order valence-electron chi connectivity index (χ2n) is 6.35. The summed E-state index contributed by atoms with van der Waals surface area (Å²) in [7, 11) is 0. The lowest BCUT2D eigenvalue weighted by atomic mass is 9.97. The molecule has 1 aliphatic rings. The van der Waals surface area contributed by atoms with Crippen LogP contribution >= 0.6 is 0 Å². The Morgan fingerprint density at radius 2 is 0.955 bits per heavy atom. The summed E-state index contributed by atoms with van der Waals surface area (Å²) in [6.07, 6.45) is 2.97. The van der Waals surface area contributed by atoms with Crippen molar-refractivity contribution >= 4 is 32.3 Å². The van der Waals surface area contributed by atoms with Crippen LogP contribution in [-0.2, 0) is 0 Å². The second kappa shape index (κ2) is 5.46. The lowest BCUT2D eigenvalue weighted by molar-refractivity contribution is 0.983. The monoisotopic (exact) mass is 284 g/mol.